The van der Waals surface area contributed by atoms with Crippen LogP contribution < -0.4 is 5.32 Å². The number of aryl methyl sites for hydroxylation is 3. The molecule has 0 saturated carbocycles. The van der Waals surface area contributed by atoms with Crippen molar-refractivity contribution in [2.45, 2.75) is 38.6 Å². The monoisotopic (exact) mass is 347 g/mol. The van der Waals surface area contributed by atoms with Gasteiger partial charge in [-0.2, -0.15) is 5.10 Å². The third-order valence-electron chi connectivity index (χ3n) is 4.21. The quantitative estimate of drug-likeness (QED) is 0.860. The van der Waals surface area contributed by atoms with Crippen molar-refractivity contribution < 1.29 is 9.59 Å². The van der Waals surface area contributed by atoms with Gasteiger partial charge in [0.1, 0.15) is 0 Å². The minimum Gasteiger partial charge on any atom is -0.330 e. The molecule has 2 aromatic rings. The normalized spacial score (nSPS) is 16.5. The fraction of sp³-hybridized carbons (Fsp3) is 0.500. The molecule has 2 aromatic heterocycles. The van der Waals surface area contributed by atoms with Crippen LogP contribution in [0.1, 0.15) is 41.4 Å². The van der Waals surface area contributed by atoms with Crippen LogP contribution >= 0.6 is 11.3 Å². The van der Waals surface area contributed by atoms with Gasteiger partial charge < -0.3 is 10.2 Å². The van der Waals surface area contributed by atoms with Gasteiger partial charge in [-0.25, -0.2) is 4.98 Å². The highest BCUT2D eigenvalue weighted by molar-refractivity contribution is 7.11. The Morgan fingerprint density at radius 3 is 2.96 bits per heavy atom. The molecule has 0 aromatic carbocycles. The third kappa shape index (κ3) is 3.19. The van der Waals surface area contributed by atoms with Crippen molar-refractivity contribution in [3.63, 3.8) is 0 Å². The molecule has 0 saturated heterocycles. The van der Waals surface area contributed by atoms with Crippen LogP contribution in [0.4, 0.5) is 5.69 Å². The number of aromatic nitrogens is 3. The number of nitrogens with zero attached hydrogens (tertiary/aromatic N) is 4. The number of hydrogen-bond acceptors (Lipinski definition) is 5. The van der Waals surface area contributed by atoms with Crippen LogP contribution in [0, 0.1) is 0 Å². The van der Waals surface area contributed by atoms with Gasteiger partial charge in [0.2, 0.25) is 0 Å². The van der Waals surface area contributed by atoms with Crippen molar-refractivity contribution in [1.29, 1.82) is 0 Å². The van der Waals surface area contributed by atoms with Gasteiger partial charge in [-0.05, 0) is 25.7 Å². The molecule has 1 N–H and O–H groups in total. The maximum atomic E-state index is 12.5. The number of nitrogens with one attached hydrogen (secondary N) is 1. The lowest BCUT2D eigenvalue weighted by atomic mass is 9.97. The molecule has 2 heterocycles. The molecular formula is C16H21N5O2S. The largest absolute Gasteiger partial charge is 0.330 e. The topological polar surface area (TPSA) is 80.1 Å². The fourth-order valence-corrected chi connectivity index (χ4v) is 4.17. The molecular weight excluding hydrogens is 326 g/mol. The van der Waals surface area contributed by atoms with Crippen molar-refractivity contribution in [3.05, 3.63) is 28.0 Å². The van der Waals surface area contributed by atoms with Gasteiger partial charge >= 0.3 is 11.8 Å². The second kappa shape index (κ2) is 6.72. The van der Waals surface area contributed by atoms with Gasteiger partial charge in [0.15, 0.2) is 0 Å². The van der Waals surface area contributed by atoms with Gasteiger partial charge in [-0.3, -0.25) is 14.3 Å². The molecule has 1 atom stereocenters. The van der Waals surface area contributed by atoms with Gasteiger partial charge in [0.05, 0.1) is 33.5 Å². The smallest absolute Gasteiger partial charge is 0.313 e. The summed E-state index contributed by atoms with van der Waals surface area (Å²) >= 11 is 1.66. The fourth-order valence-electron chi connectivity index (χ4n) is 2.94. The molecule has 0 aliphatic heterocycles. The van der Waals surface area contributed by atoms with Gasteiger partial charge in [0, 0.05) is 20.3 Å². The Balaban J connectivity index is 1.74. The SMILES string of the molecule is CCc1nc2c(s1)[C@@H](N(C)C(=O)C(=O)Nc1cnn(C)c1)CCC2. The molecule has 0 fully saturated rings. The zero-order valence-corrected chi connectivity index (χ0v) is 14.9. The van der Waals surface area contributed by atoms with E-state index in [1.165, 1.54) is 6.20 Å². The summed E-state index contributed by atoms with van der Waals surface area (Å²) in [5.41, 5.74) is 1.60. The molecule has 0 unspecified atom stereocenters. The molecule has 0 radical (unpaired) electrons. The van der Waals surface area contributed by atoms with Crippen molar-refractivity contribution in [3.8, 4) is 0 Å². The molecule has 0 spiro atoms. The first-order valence-corrected chi connectivity index (χ1v) is 8.86. The molecule has 1 aliphatic carbocycles. The van der Waals surface area contributed by atoms with Crippen LogP contribution in [0.2, 0.25) is 0 Å². The van der Waals surface area contributed by atoms with Crippen LogP contribution in [0.15, 0.2) is 12.4 Å². The standard InChI is InChI=1S/C16H21N5O2S/c1-4-13-19-11-6-5-7-12(14(11)24-13)21(3)16(23)15(22)18-10-8-17-20(2)9-10/h8-9,12H,4-7H2,1-3H3,(H,18,22)/t12-/m0/s1. The number of carbonyl (C=O) groups excluding carboxylic acids is 2. The summed E-state index contributed by atoms with van der Waals surface area (Å²) in [7, 11) is 3.44. The predicted octanol–water partition coefficient (Wildman–Crippen LogP) is 1.91. The molecule has 0 bridgehead atoms. The zero-order chi connectivity index (χ0) is 17.3. The van der Waals surface area contributed by atoms with E-state index in [9.17, 15) is 9.59 Å². The summed E-state index contributed by atoms with van der Waals surface area (Å²) in [5, 5.41) is 7.66. The number of rotatable bonds is 3. The Kier molecular flexibility index (Phi) is 4.66. The maximum absolute atomic E-state index is 12.5. The Morgan fingerprint density at radius 1 is 1.50 bits per heavy atom. The first kappa shape index (κ1) is 16.6. The number of fused-ring (bicyclic) bond motifs is 1. The number of amides is 2. The van der Waals surface area contributed by atoms with E-state index in [4.69, 9.17) is 0 Å². The molecule has 128 valence electrons. The Labute approximate surface area is 144 Å². The molecule has 7 nitrogen and oxygen atoms in total. The average Bonchev–Trinajstić information content (AvgIpc) is 3.18. The summed E-state index contributed by atoms with van der Waals surface area (Å²) in [5.74, 6) is -1.18. The summed E-state index contributed by atoms with van der Waals surface area (Å²) < 4.78 is 1.57. The number of thiazole rings is 1. The van der Waals surface area contributed by atoms with Crippen LogP contribution in [-0.2, 0) is 29.5 Å². The third-order valence-corrected chi connectivity index (χ3v) is 5.56. The van der Waals surface area contributed by atoms with Gasteiger partial charge in [-0.1, -0.05) is 6.92 Å². The summed E-state index contributed by atoms with van der Waals surface area (Å²) in [4.78, 5) is 32.1. The number of likely N-dealkylation sites (N-methyl/N-ethyl adjacent to an activating group) is 1. The van der Waals surface area contributed by atoms with E-state index in [-0.39, 0.29) is 6.04 Å². The second-order valence-electron chi connectivity index (χ2n) is 5.95. The molecule has 24 heavy (non-hydrogen) atoms. The Bertz CT molecular complexity index is 766. The highest BCUT2D eigenvalue weighted by Crippen LogP contribution is 2.37. The molecule has 3 rings (SSSR count). The summed E-state index contributed by atoms with van der Waals surface area (Å²) in [6, 6.07) is -0.0706. The van der Waals surface area contributed by atoms with Crippen molar-refractivity contribution in [2.75, 3.05) is 12.4 Å². The van der Waals surface area contributed by atoms with Crippen LogP contribution in [0.5, 0.6) is 0 Å². The number of anilines is 1. The van der Waals surface area contributed by atoms with E-state index >= 15 is 0 Å². The lowest BCUT2D eigenvalue weighted by molar-refractivity contribution is -0.143. The molecule has 8 heteroatoms. The van der Waals surface area contributed by atoms with Gasteiger partial charge in [0.25, 0.3) is 0 Å². The van der Waals surface area contributed by atoms with E-state index in [2.05, 4.69) is 22.3 Å². The van der Waals surface area contributed by atoms with Crippen LogP contribution in [0.25, 0.3) is 0 Å². The number of hydrogen-bond donors (Lipinski definition) is 1. The van der Waals surface area contributed by atoms with E-state index in [0.717, 1.165) is 41.3 Å². The second-order valence-corrected chi connectivity index (χ2v) is 7.07. The summed E-state index contributed by atoms with van der Waals surface area (Å²) in [6.45, 7) is 2.08. The first-order valence-electron chi connectivity index (χ1n) is 8.04. The lowest BCUT2D eigenvalue weighted by Gasteiger charge is -2.30. The molecule has 2 amide bonds. The van der Waals surface area contributed by atoms with E-state index < -0.39 is 11.8 Å². The number of carbonyl (C=O) groups is 2. The van der Waals surface area contributed by atoms with Crippen molar-refractivity contribution >= 4 is 28.8 Å². The Hall–Kier alpha value is -2.22. The van der Waals surface area contributed by atoms with Crippen molar-refractivity contribution in [1.82, 2.24) is 19.7 Å². The highest BCUT2D eigenvalue weighted by Gasteiger charge is 2.32. The van der Waals surface area contributed by atoms with E-state index in [1.807, 2.05) is 0 Å². The first-order chi connectivity index (χ1) is 11.5. The minimum atomic E-state index is -0.641. The summed E-state index contributed by atoms with van der Waals surface area (Å²) in [6.07, 6.45) is 6.85. The maximum Gasteiger partial charge on any atom is 0.313 e. The van der Waals surface area contributed by atoms with Crippen LogP contribution in [0.3, 0.4) is 0 Å². The minimum absolute atomic E-state index is 0.0706. The van der Waals surface area contributed by atoms with Crippen molar-refractivity contribution in [2.24, 2.45) is 7.05 Å². The van der Waals surface area contributed by atoms with E-state index in [0.29, 0.717) is 5.69 Å². The van der Waals surface area contributed by atoms with Gasteiger partial charge in [-0.15, -0.1) is 11.3 Å². The lowest BCUT2D eigenvalue weighted by Crippen LogP contribution is -2.40. The molecule has 1 aliphatic rings. The Morgan fingerprint density at radius 2 is 2.29 bits per heavy atom. The zero-order valence-electron chi connectivity index (χ0n) is 14.1. The van der Waals surface area contributed by atoms with Crippen LogP contribution in [-0.4, -0.2) is 38.5 Å². The van der Waals surface area contributed by atoms with E-state index in [1.54, 1.807) is 41.2 Å². The average molecular weight is 347 g/mol. The predicted molar refractivity (Wildman–Crippen MR) is 91.8 cm³/mol. The highest BCUT2D eigenvalue weighted by atomic mass is 32.1.